The molecule has 33 heavy (non-hydrogen) atoms. The van der Waals surface area contributed by atoms with E-state index in [0.717, 1.165) is 70.6 Å². The Labute approximate surface area is 201 Å². The van der Waals surface area contributed by atoms with Gasteiger partial charge in [-0.15, -0.1) is 0 Å². The minimum atomic E-state index is -0.777. The van der Waals surface area contributed by atoms with Crippen molar-refractivity contribution in [3.63, 3.8) is 0 Å². The lowest BCUT2D eigenvalue weighted by Crippen LogP contribution is -2.28. The van der Waals surface area contributed by atoms with Gasteiger partial charge < -0.3 is 14.6 Å². The molecule has 0 aliphatic heterocycles. The van der Waals surface area contributed by atoms with Gasteiger partial charge in [0.2, 0.25) is 0 Å². The van der Waals surface area contributed by atoms with Crippen molar-refractivity contribution in [2.75, 3.05) is 13.2 Å². The average molecular weight is 463 g/mol. The molecule has 0 aromatic rings. The quantitative estimate of drug-likeness (QED) is 0.116. The Balaban J connectivity index is 3.65. The molecule has 0 aromatic heterocycles. The van der Waals surface area contributed by atoms with Crippen LogP contribution < -0.4 is 0 Å². The molecular formula is C28H46O5. The van der Waals surface area contributed by atoms with Gasteiger partial charge >= 0.3 is 11.9 Å². The third kappa shape index (κ3) is 22.8. The third-order valence-corrected chi connectivity index (χ3v) is 4.89. The minimum Gasteiger partial charge on any atom is -0.462 e. The number of carbonyl (C=O) groups excluding carboxylic acids is 2. The summed E-state index contributed by atoms with van der Waals surface area (Å²) >= 11 is 0. The number of esters is 2. The van der Waals surface area contributed by atoms with Crippen LogP contribution in [-0.2, 0) is 19.1 Å². The van der Waals surface area contributed by atoms with Crippen LogP contribution in [0.3, 0.4) is 0 Å². The Hall–Kier alpha value is -2.14. The molecule has 0 fully saturated rings. The van der Waals surface area contributed by atoms with E-state index >= 15 is 0 Å². The molecule has 0 bridgehead atoms. The van der Waals surface area contributed by atoms with Crippen LogP contribution in [0.15, 0.2) is 48.6 Å². The molecule has 1 unspecified atom stereocenters. The lowest BCUT2D eigenvalue weighted by atomic mass is 10.1. The second kappa shape index (κ2) is 24.5. The van der Waals surface area contributed by atoms with Gasteiger partial charge in [0.05, 0.1) is 6.61 Å². The zero-order valence-corrected chi connectivity index (χ0v) is 20.9. The lowest BCUT2D eigenvalue weighted by Gasteiger charge is -2.15. The average Bonchev–Trinajstić information content (AvgIpc) is 2.82. The highest BCUT2D eigenvalue weighted by Gasteiger charge is 2.15. The van der Waals surface area contributed by atoms with Crippen molar-refractivity contribution < 1.29 is 24.2 Å². The number of aliphatic hydroxyl groups excluding tert-OH is 1. The summed E-state index contributed by atoms with van der Waals surface area (Å²) in [5, 5.41) is 9.30. The van der Waals surface area contributed by atoms with Crippen molar-refractivity contribution in [2.45, 2.75) is 103 Å². The largest absolute Gasteiger partial charge is 0.462 e. The van der Waals surface area contributed by atoms with Crippen LogP contribution in [0.5, 0.6) is 0 Å². The fraction of sp³-hybridized carbons (Fsp3) is 0.643. The molecule has 0 spiro atoms. The maximum Gasteiger partial charge on any atom is 0.306 e. The maximum absolute atomic E-state index is 11.9. The van der Waals surface area contributed by atoms with Gasteiger partial charge in [0.15, 0.2) is 6.10 Å². The Morgan fingerprint density at radius 1 is 0.727 bits per heavy atom. The van der Waals surface area contributed by atoms with Crippen LogP contribution in [0.2, 0.25) is 0 Å². The second-order valence-corrected chi connectivity index (χ2v) is 8.03. The van der Waals surface area contributed by atoms with Crippen LogP contribution in [0, 0.1) is 0 Å². The van der Waals surface area contributed by atoms with Crippen LogP contribution in [0.1, 0.15) is 97.3 Å². The van der Waals surface area contributed by atoms with E-state index in [0.29, 0.717) is 12.8 Å². The van der Waals surface area contributed by atoms with Crippen molar-refractivity contribution in [1.29, 1.82) is 0 Å². The monoisotopic (exact) mass is 462 g/mol. The number of ether oxygens (including phenoxy) is 2. The Kier molecular flexibility index (Phi) is 22.9. The van der Waals surface area contributed by atoms with Gasteiger partial charge in [-0.1, -0.05) is 81.7 Å². The Bertz CT molecular complexity index is 589. The lowest BCUT2D eigenvalue weighted by molar-refractivity contribution is -0.161. The molecule has 5 nitrogen and oxygen atoms in total. The Morgan fingerprint density at radius 2 is 1.30 bits per heavy atom. The van der Waals surface area contributed by atoms with E-state index in [9.17, 15) is 14.7 Å². The third-order valence-electron chi connectivity index (χ3n) is 4.89. The standard InChI is InChI=1S/C28H46O5/c1-3-5-7-8-9-10-11-12-13-14-15-16-17-18-19-20-21-23-28(31)33-26(24-29)25-32-27(30)22-6-4-2/h5,7,9-10,12-13,15-16,26,29H,3-4,6,8,11,14,17-25H2,1-2H3/b7-5-,10-9-,13-12-,16-15-. The highest BCUT2D eigenvalue weighted by molar-refractivity contribution is 5.70. The molecule has 1 N–H and O–H groups in total. The molecule has 0 radical (unpaired) electrons. The summed E-state index contributed by atoms with van der Waals surface area (Å²) in [7, 11) is 0. The predicted molar refractivity (Wildman–Crippen MR) is 136 cm³/mol. The van der Waals surface area contributed by atoms with Gasteiger partial charge in [0.25, 0.3) is 0 Å². The highest BCUT2D eigenvalue weighted by atomic mass is 16.6. The fourth-order valence-electron chi connectivity index (χ4n) is 2.93. The SMILES string of the molecule is CC/C=C\C/C=C\C/C=C\C/C=C\CCCCCCC(=O)OC(CO)COC(=O)CCCC. The number of hydrogen-bond acceptors (Lipinski definition) is 5. The molecule has 0 aliphatic carbocycles. The van der Waals surface area contributed by atoms with Crippen LogP contribution in [-0.4, -0.2) is 36.4 Å². The van der Waals surface area contributed by atoms with Crippen LogP contribution in [0.25, 0.3) is 0 Å². The number of rotatable bonds is 21. The first-order valence-corrected chi connectivity index (χ1v) is 12.7. The van der Waals surface area contributed by atoms with Crippen LogP contribution >= 0.6 is 0 Å². The molecule has 0 aromatic carbocycles. The molecule has 5 heteroatoms. The molecule has 0 aliphatic rings. The minimum absolute atomic E-state index is 0.0837. The summed E-state index contributed by atoms with van der Waals surface area (Å²) in [6.07, 6.45) is 28.2. The van der Waals surface area contributed by atoms with Gasteiger partial charge in [0, 0.05) is 12.8 Å². The number of hydrogen-bond donors (Lipinski definition) is 1. The summed E-state index contributed by atoms with van der Waals surface area (Å²) in [4.78, 5) is 23.4. The normalized spacial score (nSPS) is 12.9. The van der Waals surface area contributed by atoms with Crippen LogP contribution in [0.4, 0.5) is 0 Å². The van der Waals surface area contributed by atoms with Gasteiger partial charge in [0.1, 0.15) is 6.61 Å². The molecule has 0 saturated carbocycles. The van der Waals surface area contributed by atoms with Gasteiger partial charge in [-0.05, 0) is 51.4 Å². The molecule has 0 amide bonds. The van der Waals surface area contributed by atoms with Gasteiger partial charge in [-0.3, -0.25) is 9.59 Å². The molecular weight excluding hydrogens is 416 g/mol. The maximum atomic E-state index is 11.9. The van der Waals surface area contributed by atoms with Crippen molar-refractivity contribution >= 4 is 11.9 Å². The van der Waals surface area contributed by atoms with Gasteiger partial charge in [-0.25, -0.2) is 0 Å². The first kappa shape index (κ1) is 30.9. The summed E-state index contributed by atoms with van der Waals surface area (Å²) in [6.45, 7) is 3.71. The van der Waals surface area contributed by atoms with E-state index in [1.54, 1.807) is 0 Å². The van der Waals surface area contributed by atoms with E-state index in [4.69, 9.17) is 9.47 Å². The van der Waals surface area contributed by atoms with Crippen molar-refractivity contribution in [1.82, 2.24) is 0 Å². The zero-order chi connectivity index (χ0) is 24.4. The van der Waals surface area contributed by atoms with Gasteiger partial charge in [-0.2, -0.15) is 0 Å². The molecule has 188 valence electrons. The number of unbranched alkanes of at least 4 members (excludes halogenated alkanes) is 5. The molecule has 0 heterocycles. The van der Waals surface area contributed by atoms with E-state index < -0.39 is 6.10 Å². The first-order valence-electron chi connectivity index (χ1n) is 12.7. The number of carbonyl (C=O) groups is 2. The summed E-state index contributed by atoms with van der Waals surface area (Å²) in [5.41, 5.74) is 0. The predicted octanol–water partition coefficient (Wildman–Crippen LogP) is 6.77. The summed E-state index contributed by atoms with van der Waals surface area (Å²) in [5.74, 6) is -0.669. The van der Waals surface area contributed by atoms with E-state index in [1.165, 1.54) is 0 Å². The molecule has 0 rings (SSSR count). The summed E-state index contributed by atoms with van der Waals surface area (Å²) in [6, 6.07) is 0. The zero-order valence-electron chi connectivity index (χ0n) is 20.9. The topological polar surface area (TPSA) is 72.8 Å². The Morgan fingerprint density at radius 3 is 1.91 bits per heavy atom. The fourth-order valence-corrected chi connectivity index (χ4v) is 2.93. The molecule has 0 saturated heterocycles. The van der Waals surface area contributed by atoms with E-state index in [2.05, 4.69) is 55.5 Å². The first-order chi connectivity index (χ1) is 16.1. The number of allylic oxidation sites excluding steroid dienone is 8. The number of aliphatic hydroxyl groups is 1. The van der Waals surface area contributed by atoms with Crippen molar-refractivity contribution in [2.24, 2.45) is 0 Å². The van der Waals surface area contributed by atoms with Crippen molar-refractivity contribution in [3.05, 3.63) is 48.6 Å². The second-order valence-electron chi connectivity index (χ2n) is 8.03. The van der Waals surface area contributed by atoms with E-state index in [1.807, 2.05) is 6.92 Å². The smallest absolute Gasteiger partial charge is 0.306 e. The highest BCUT2D eigenvalue weighted by Crippen LogP contribution is 2.08. The van der Waals surface area contributed by atoms with Crippen molar-refractivity contribution in [3.8, 4) is 0 Å². The molecule has 1 atom stereocenters. The summed E-state index contributed by atoms with van der Waals surface area (Å²) < 4.78 is 10.2. The van der Waals surface area contributed by atoms with E-state index in [-0.39, 0.29) is 25.2 Å².